The van der Waals surface area contributed by atoms with Crippen molar-refractivity contribution < 1.29 is 4.74 Å². The van der Waals surface area contributed by atoms with Crippen molar-refractivity contribution in [3.05, 3.63) is 34.5 Å². The van der Waals surface area contributed by atoms with Crippen molar-refractivity contribution in [2.75, 3.05) is 13.2 Å². The highest BCUT2D eigenvalue weighted by Gasteiger charge is 2.34. The van der Waals surface area contributed by atoms with Gasteiger partial charge in [-0.2, -0.15) is 5.10 Å². The highest BCUT2D eigenvalue weighted by Crippen LogP contribution is 2.34. The molecule has 7 nitrogen and oxygen atoms in total. The maximum absolute atomic E-state index is 11.8. The van der Waals surface area contributed by atoms with E-state index in [-0.39, 0.29) is 5.56 Å². The fourth-order valence-corrected chi connectivity index (χ4v) is 3.44. The van der Waals surface area contributed by atoms with Gasteiger partial charge >= 0.3 is 0 Å². The average Bonchev–Trinajstić information content (AvgIpc) is 3.04. The van der Waals surface area contributed by atoms with Crippen LogP contribution in [0.5, 0.6) is 0 Å². The normalized spacial score (nSPS) is 28.3. The molecule has 2 aromatic rings. The van der Waals surface area contributed by atoms with Crippen molar-refractivity contribution in [1.82, 2.24) is 25.5 Å². The molecule has 1 saturated carbocycles. The van der Waals surface area contributed by atoms with Crippen LogP contribution in [0.3, 0.4) is 0 Å². The lowest BCUT2D eigenvalue weighted by molar-refractivity contribution is -0.0279. The first-order valence-electron chi connectivity index (χ1n) is 7.76. The Labute approximate surface area is 127 Å². The summed E-state index contributed by atoms with van der Waals surface area (Å²) < 4.78 is 5.80. The molecule has 116 valence electrons. The predicted molar refractivity (Wildman–Crippen MR) is 80.6 cm³/mol. The van der Waals surface area contributed by atoms with E-state index >= 15 is 0 Å². The van der Waals surface area contributed by atoms with Crippen LogP contribution in [-0.2, 0) is 4.74 Å². The van der Waals surface area contributed by atoms with Crippen molar-refractivity contribution in [3.63, 3.8) is 0 Å². The fraction of sp³-hybridized carbons (Fsp3) is 0.533. The quantitative estimate of drug-likeness (QED) is 0.762. The second kappa shape index (κ2) is 5.66. The topological polar surface area (TPSA) is 95.7 Å². The first kappa shape index (κ1) is 13.7. The number of rotatable bonds is 2. The molecule has 0 aromatic carbocycles. The van der Waals surface area contributed by atoms with Gasteiger partial charge in [0, 0.05) is 24.7 Å². The van der Waals surface area contributed by atoms with E-state index in [1.807, 2.05) is 0 Å². The lowest BCUT2D eigenvalue weighted by atomic mass is 9.82. The first-order valence-corrected chi connectivity index (χ1v) is 7.76. The van der Waals surface area contributed by atoms with Crippen LogP contribution in [0, 0.1) is 0 Å². The summed E-state index contributed by atoms with van der Waals surface area (Å²) >= 11 is 0. The Bertz CT molecular complexity index is 710. The van der Waals surface area contributed by atoms with Gasteiger partial charge < -0.3 is 15.0 Å². The number of morpholine rings is 1. The van der Waals surface area contributed by atoms with Gasteiger partial charge in [0.15, 0.2) is 5.82 Å². The molecule has 0 spiro atoms. The summed E-state index contributed by atoms with van der Waals surface area (Å²) in [4.78, 5) is 19.0. The molecule has 0 bridgehead atoms. The number of aromatic nitrogens is 4. The molecule has 22 heavy (non-hydrogen) atoms. The number of hydrogen-bond donors (Lipinski definition) is 3. The van der Waals surface area contributed by atoms with E-state index in [1.165, 1.54) is 0 Å². The minimum Gasteiger partial charge on any atom is -0.375 e. The molecule has 2 fully saturated rings. The number of pyridine rings is 1. The van der Waals surface area contributed by atoms with E-state index in [0.29, 0.717) is 29.5 Å². The van der Waals surface area contributed by atoms with Gasteiger partial charge in [-0.05, 0) is 31.4 Å². The molecule has 1 aliphatic carbocycles. The van der Waals surface area contributed by atoms with Crippen molar-refractivity contribution in [2.45, 2.75) is 37.3 Å². The molecule has 1 saturated heterocycles. The monoisotopic (exact) mass is 301 g/mol. The highest BCUT2D eigenvalue weighted by molar-refractivity contribution is 5.52. The largest absolute Gasteiger partial charge is 0.375 e. The van der Waals surface area contributed by atoms with E-state index in [2.05, 4.69) is 25.5 Å². The summed E-state index contributed by atoms with van der Waals surface area (Å²) in [5.74, 6) is 1.66. The molecule has 0 amide bonds. The standard InChI is InChI=1S/C15H19N5O2/c21-15-10(2-1-5-17-15)14-18-13(19-20-14)9-3-4-12-11(8-9)16-6-7-22-12/h1-2,5,9,11-12,16H,3-4,6-8H2,(H,17,21)(H,18,19,20)/t9-,11+,12+/m0/s1. The molecule has 0 radical (unpaired) electrons. The number of nitrogens with one attached hydrogen (secondary N) is 3. The summed E-state index contributed by atoms with van der Waals surface area (Å²) in [7, 11) is 0. The Morgan fingerprint density at radius 1 is 1.32 bits per heavy atom. The Morgan fingerprint density at radius 3 is 3.18 bits per heavy atom. The zero-order valence-corrected chi connectivity index (χ0v) is 12.2. The van der Waals surface area contributed by atoms with Crippen LogP contribution in [0.25, 0.3) is 11.4 Å². The van der Waals surface area contributed by atoms with Gasteiger partial charge in [-0.25, -0.2) is 4.98 Å². The Kier molecular flexibility index (Phi) is 3.51. The second-order valence-corrected chi connectivity index (χ2v) is 5.94. The third kappa shape index (κ3) is 2.46. The number of nitrogens with zero attached hydrogens (tertiary/aromatic N) is 2. The molecule has 3 atom stereocenters. The van der Waals surface area contributed by atoms with E-state index in [0.717, 1.165) is 38.2 Å². The predicted octanol–water partition coefficient (Wildman–Crippen LogP) is 0.784. The molecule has 3 heterocycles. The van der Waals surface area contributed by atoms with Gasteiger partial charge in [0.25, 0.3) is 5.56 Å². The summed E-state index contributed by atoms with van der Waals surface area (Å²) in [6.45, 7) is 1.71. The van der Waals surface area contributed by atoms with Crippen molar-refractivity contribution in [3.8, 4) is 11.4 Å². The van der Waals surface area contributed by atoms with Gasteiger partial charge in [-0.1, -0.05) is 0 Å². The lowest BCUT2D eigenvalue weighted by Gasteiger charge is -2.39. The third-order valence-corrected chi connectivity index (χ3v) is 4.58. The molecule has 2 aromatic heterocycles. The van der Waals surface area contributed by atoms with Crippen LogP contribution in [0.4, 0.5) is 0 Å². The zero-order valence-electron chi connectivity index (χ0n) is 12.2. The van der Waals surface area contributed by atoms with E-state index < -0.39 is 0 Å². The van der Waals surface area contributed by atoms with Crippen LogP contribution < -0.4 is 10.9 Å². The van der Waals surface area contributed by atoms with Crippen LogP contribution >= 0.6 is 0 Å². The molecule has 7 heteroatoms. The lowest BCUT2D eigenvalue weighted by Crippen LogP contribution is -2.51. The number of hydrogen-bond acceptors (Lipinski definition) is 5. The molecule has 2 aliphatic rings. The molecule has 4 rings (SSSR count). The van der Waals surface area contributed by atoms with E-state index in [1.54, 1.807) is 18.3 Å². The van der Waals surface area contributed by atoms with Crippen LogP contribution in [0.1, 0.15) is 31.0 Å². The smallest absolute Gasteiger partial charge is 0.259 e. The fourth-order valence-electron chi connectivity index (χ4n) is 3.44. The first-order chi connectivity index (χ1) is 10.8. The van der Waals surface area contributed by atoms with Crippen molar-refractivity contribution in [1.29, 1.82) is 0 Å². The number of ether oxygens (including phenoxy) is 1. The minimum atomic E-state index is -0.167. The average molecular weight is 301 g/mol. The SMILES string of the molecule is O=c1[nH]cccc1-c1n[nH]c([C@H]2CC[C@H]3OCCN[C@@H]3C2)n1. The maximum Gasteiger partial charge on any atom is 0.259 e. The number of aromatic amines is 2. The minimum absolute atomic E-state index is 0.167. The molecule has 1 aliphatic heterocycles. The number of H-pyrrole nitrogens is 2. The highest BCUT2D eigenvalue weighted by atomic mass is 16.5. The maximum atomic E-state index is 11.8. The second-order valence-electron chi connectivity index (χ2n) is 5.94. The van der Waals surface area contributed by atoms with Gasteiger partial charge in [0.2, 0.25) is 0 Å². The Hall–Kier alpha value is -1.99. The zero-order chi connectivity index (χ0) is 14.9. The van der Waals surface area contributed by atoms with Gasteiger partial charge in [0.1, 0.15) is 5.82 Å². The molecule has 3 N–H and O–H groups in total. The Balaban J connectivity index is 1.55. The van der Waals surface area contributed by atoms with Crippen LogP contribution in [-0.4, -0.2) is 45.5 Å². The van der Waals surface area contributed by atoms with E-state index in [9.17, 15) is 4.79 Å². The van der Waals surface area contributed by atoms with Gasteiger partial charge in [0.05, 0.1) is 18.3 Å². The van der Waals surface area contributed by atoms with Crippen molar-refractivity contribution >= 4 is 0 Å². The summed E-state index contributed by atoms with van der Waals surface area (Å²) in [6, 6.07) is 3.90. The number of fused-ring (bicyclic) bond motifs is 1. The summed E-state index contributed by atoms with van der Waals surface area (Å²) in [5.41, 5.74) is 0.330. The molecular formula is C15H19N5O2. The van der Waals surface area contributed by atoms with Gasteiger partial charge in [-0.15, -0.1) is 0 Å². The third-order valence-electron chi connectivity index (χ3n) is 4.58. The molecule has 0 unspecified atom stereocenters. The van der Waals surface area contributed by atoms with Crippen LogP contribution in [0.15, 0.2) is 23.1 Å². The van der Waals surface area contributed by atoms with Crippen molar-refractivity contribution in [2.24, 2.45) is 0 Å². The Morgan fingerprint density at radius 2 is 2.27 bits per heavy atom. The van der Waals surface area contributed by atoms with Crippen LogP contribution in [0.2, 0.25) is 0 Å². The summed E-state index contributed by atoms with van der Waals surface area (Å²) in [5, 5.41) is 10.8. The molecular weight excluding hydrogens is 282 g/mol. The van der Waals surface area contributed by atoms with Gasteiger partial charge in [-0.3, -0.25) is 9.89 Å². The van der Waals surface area contributed by atoms with E-state index in [4.69, 9.17) is 4.74 Å². The summed E-state index contributed by atoms with van der Waals surface area (Å²) in [6.07, 6.45) is 4.98.